The van der Waals surface area contributed by atoms with Crippen LogP contribution in [-0.2, 0) is 11.3 Å². The Bertz CT molecular complexity index is 408. The number of halogens is 1. The lowest BCUT2D eigenvalue weighted by atomic mass is 10.1. The second-order valence-electron chi connectivity index (χ2n) is 4.68. The van der Waals surface area contributed by atoms with Gasteiger partial charge in [-0.25, -0.2) is 0 Å². The lowest BCUT2D eigenvalue weighted by Crippen LogP contribution is -2.52. The average Bonchev–Trinajstić information content (AvgIpc) is 2.40. The van der Waals surface area contributed by atoms with Crippen LogP contribution in [0.5, 0.6) is 0 Å². The maximum absolute atomic E-state index is 12.3. The van der Waals surface area contributed by atoms with Gasteiger partial charge in [0.25, 0.3) is 5.91 Å². The van der Waals surface area contributed by atoms with Crippen molar-refractivity contribution in [2.75, 3.05) is 26.7 Å². The van der Waals surface area contributed by atoms with Crippen molar-refractivity contribution in [3.05, 3.63) is 35.4 Å². The van der Waals surface area contributed by atoms with Crippen molar-refractivity contribution < 1.29 is 9.53 Å². The zero-order chi connectivity index (χ0) is 13.0. The lowest BCUT2D eigenvalue weighted by molar-refractivity contribution is 0.0655. The van der Waals surface area contributed by atoms with Crippen molar-refractivity contribution in [3.63, 3.8) is 0 Å². The molecule has 0 unspecified atom stereocenters. The summed E-state index contributed by atoms with van der Waals surface area (Å²) in [6, 6.07) is 7.91. The number of ether oxygens (including phenoxy) is 1. The second-order valence-corrected chi connectivity index (χ2v) is 4.68. The minimum absolute atomic E-state index is 0. The molecule has 2 rings (SSSR count). The first-order valence-corrected chi connectivity index (χ1v) is 6.32. The van der Waals surface area contributed by atoms with Gasteiger partial charge in [-0.3, -0.25) is 4.79 Å². The van der Waals surface area contributed by atoms with Gasteiger partial charge >= 0.3 is 0 Å². The van der Waals surface area contributed by atoms with Crippen LogP contribution < -0.4 is 5.32 Å². The number of hydrogen-bond acceptors (Lipinski definition) is 3. The van der Waals surface area contributed by atoms with Crippen molar-refractivity contribution >= 4 is 18.3 Å². The molecule has 1 aromatic carbocycles. The number of methoxy groups -OCH3 is 1. The zero-order valence-electron chi connectivity index (χ0n) is 11.4. The first kappa shape index (κ1) is 16.0. The monoisotopic (exact) mass is 284 g/mol. The van der Waals surface area contributed by atoms with Gasteiger partial charge in [-0.15, -0.1) is 12.4 Å². The number of carbonyl (C=O) groups is 1. The molecular weight excluding hydrogens is 264 g/mol. The van der Waals surface area contributed by atoms with Gasteiger partial charge in [0.15, 0.2) is 0 Å². The Kier molecular flexibility index (Phi) is 6.28. The average molecular weight is 285 g/mol. The first-order chi connectivity index (χ1) is 8.72. The lowest BCUT2D eigenvalue weighted by Gasteiger charge is -2.34. The van der Waals surface area contributed by atoms with Gasteiger partial charge in [-0.1, -0.05) is 12.1 Å². The van der Waals surface area contributed by atoms with Crippen LogP contribution >= 0.6 is 12.4 Å². The van der Waals surface area contributed by atoms with Crippen LogP contribution in [0.25, 0.3) is 0 Å². The topological polar surface area (TPSA) is 41.6 Å². The summed E-state index contributed by atoms with van der Waals surface area (Å²) in [6.45, 7) is 5.17. The van der Waals surface area contributed by atoms with E-state index >= 15 is 0 Å². The molecule has 106 valence electrons. The molecule has 4 nitrogen and oxygen atoms in total. The molecule has 1 N–H and O–H groups in total. The molecule has 0 radical (unpaired) electrons. The van der Waals surface area contributed by atoms with E-state index in [1.165, 1.54) is 0 Å². The van der Waals surface area contributed by atoms with E-state index < -0.39 is 0 Å². The fraction of sp³-hybridized carbons (Fsp3) is 0.500. The molecule has 5 heteroatoms. The number of rotatable bonds is 3. The Hall–Kier alpha value is -1.10. The minimum atomic E-state index is 0. The van der Waals surface area contributed by atoms with E-state index in [0.29, 0.717) is 6.61 Å². The highest BCUT2D eigenvalue weighted by molar-refractivity contribution is 5.94. The van der Waals surface area contributed by atoms with Gasteiger partial charge in [-0.2, -0.15) is 0 Å². The Morgan fingerprint density at radius 1 is 1.42 bits per heavy atom. The number of carbonyl (C=O) groups excluding carboxylic acids is 1. The van der Waals surface area contributed by atoms with Gasteiger partial charge in [0.1, 0.15) is 0 Å². The molecule has 19 heavy (non-hydrogen) atoms. The Morgan fingerprint density at radius 2 is 2.11 bits per heavy atom. The van der Waals surface area contributed by atoms with Crippen LogP contribution in [0.1, 0.15) is 22.8 Å². The number of amides is 1. The molecule has 1 heterocycles. The van der Waals surface area contributed by atoms with Crippen LogP contribution in [0.3, 0.4) is 0 Å². The normalized spacial score (nSPS) is 18.8. The van der Waals surface area contributed by atoms with Crippen molar-refractivity contribution in [2.45, 2.75) is 19.6 Å². The molecule has 1 saturated heterocycles. The number of nitrogens with zero attached hydrogens (tertiary/aromatic N) is 1. The van der Waals surface area contributed by atoms with E-state index in [-0.39, 0.29) is 24.4 Å². The minimum Gasteiger partial charge on any atom is -0.380 e. The van der Waals surface area contributed by atoms with Gasteiger partial charge in [-0.05, 0) is 24.6 Å². The van der Waals surface area contributed by atoms with Crippen molar-refractivity contribution in [3.8, 4) is 0 Å². The summed E-state index contributed by atoms with van der Waals surface area (Å²) in [5.41, 5.74) is 1.84. The number of nitrogens with one attached hydrogen (secondary N) is 1. The molecule has 1 atom stereocenters. The third-order valence-electron chi connectivity index (χ3n) is 3.27. The first-order valence-electron chi connectivity index (χ1n) is 6.32. The maximum atomic E-state index is 12.3. The number of piperazine rings is 1. The quantitative estimate of drug-likeness (QED) is 0.918. The predicted octanol–water partition coefficient (Wildman–Crippen LogP) is 1.69. The summed E-state index contributed by atoms with van der Waals surface area (Å²) in [4.78, 5) is 14.3. The van der Waals surface area contributed by atoms with Crippen LogP contribution in [0.2, 0.25) is 0 Å². The van der Waals surface area contributed by atoms with Gasteiger partial charge < -0.3 is 15.0 Å². The molecule has 0 aliphatic carbocycles. The van der Waals surface area contributed by atoms with Crippen LogP contribution in [0.15, 0.2) is 24.3 Å². The summed E-state index contributed by atoms with van der Waals surface area (Å²) < 4.78 is 5.06. The van der Waals surface area contributed by atoms with Crippen LogP contribution in [-0.4, -0.2) is 43.6 Å². The summed E-state index contributed by atoms with van der Waals surface area (Å²) in [5.74, 6) is 0.118. The Labute approximate surface area is 120 Å². The van der Waals surface area contributed by atoms with E-state index in [1.54, 1.807) is 7.11 Å². The van der Waals surface area contributed by atoms with E-state index in [1.807, 2.05) is 29.2 Å². The SMILES string of the molecule is COCc1ccc(C(=O)N2CCNC[C@@H]2C)cc1.Cl. The molecule has 1 aliphatic rings. The summed E-state index contributed by atoms with van der Waals surface area (Å²) in [5, 5.41) is 3.29. The Morgan fingerprint density at radius 3 is 2.68 bits per heavy atom. The molecule has 0 spiro atoms. The third kappa shape index (κ3) is 3.93. The molecule has 0 bridgehead atoms. The van der Waals surface area contributed by atoms with E-state index in [9.17, 15) is 4.79 Å². The van der Waals surface area contributed by atoms with Crippen LogP contribution in [0.4, 0.5) is 0 Å². The molecule has 1 amide bonds. The Balaban J connectivity index is 0.00000180. The summed E-state index contributed by atoms with van der Waals surface area (Å²) >= 11 is 0. The van der Waals surface area contributed by atoms with E-state index in [2.05, 4.69) is 12.2 Å². The van der Waals surface area contributed by atoms with Crippen molar-refractivity contribution in [1.82, 2.24) is 10.2 Å². The highest BCUT2D eigenvalue weighted by Crippen LogP contribution is 2.12. The highest BCUT2D eigenvalue weighted by Gasteiger charge is 2.23. The summed E-state index contributed by atoms with van der Waals surface area (Å²) in [7, 11) is 1.67. The fourth-order valence-electron chi connectivity index (χ4n) is 2.22. The molecule has 1 aliphatic heterocycles. The van der Waals surface area contributed by atoms with Crippen LogP contribution in [0, 0.1) is 0 Å². The fourth-order valence-corrected chi connectivity index (χ4v) is 2.22. The van der Waals surface area contributed by atoms with E-state index in [0.717, 1.165) is 30.8 Å². The second kappa shape index (κ2) is 7.48. The third-order valence-corrected chi connectivity index (χ3v) is 3.27. The highest BCUT2D eigenvalue weighted by atomic mass is 35.5. The van der Waals surface area contributed by atoms with Crippen molar-refractivity contribution in [2.24, 2.45) is 0 Å². The largest absolute Gasteiger partial charge is 0.380 e. The standard InChI is InChI=1S/C14H20N2O2.ClH/c1-11-9-15-7-8-16(11)14(17)13-5-3-12(4-6-13)10-18-2;/h3-6,11,15H,7-10H2,1-2H3;1H/t11-;/m0./s1. The number of benzene rings is 1. The van der Waals surface area contributed by atoms with Gasteiger partial charge in [0.2, 0.25) is 0 Å². The summed E-state index contributed by atoms with van der Waals surface area (Å²) in [6.07, 6.45) is 0. The number of hydrogen-bond donors (Lipinski definition) is 1. The zero-order valence-corrected chi connectivity index (χ0v) is 12.2. The predicted molar refractivity (Wildman–Crippen MR) is 77.8 cm³/mol. The van der Waals surface area contributed by atoms with Gasteiger partial charge in [0, 0.05) is 38.3 Å². The van der Waals surface area contributed by atoms with E-state index in [4.69, 9.17) is 4.74 Å². The molecule has 1 fully saturated rings. The molecule has 0 aromatic heterocycles. The molecule has 0 saturated carbocycles. The van der Waals surface area contributed by atoms with Crippen molar-refractivity contribution in [1.29, 1.82) is 0 Å². The smallest absolute Gasteiger partial charge is 0.254 e. The molecule has 1 aromatic rings. The van der Waals surface area contributed by atoms with Gasteiger partial charge in [0.05, 0.1) is 6.61 Å². The maximum Gasteiger partial charge on any atom is 0.254 e. The molecular formula is C14H21ClN2O2.